The van der Waals surface area contributed by atoms with Crippen molar-refractivity contribution in [3.63, 3.8) is 0 Å². The van der Waals surface area contributed by atoms with Crippen molar-refractivity contribution >= 4 is 27.3 Å². The number of nitrogens with one attached hydrogen (secondary N) is 1. The fourth-order valence-electron chi connectivity index (χ4n) is 1.48. The van der Waals surface area contributed by atoms with Gasteiger partial charge in [0, 0.05) is 0 Å². The molecule has 1 atom stereocenters. The highest BCUT2D eigenvalue weighted by Gasteiger charge is 2.28. The summed E-state index contributed by atoms with van der Waals surface area (Å²) in [6.45, 7) is 3.23. The van der Waals surface area contributed by atoms with Gasteiger partial charge in [0.25, 0.3) is 10.0 Å². The Hall–Kier alpha value is -1.78. The highest BCUT2D eigenvalue weighted by molar-refractivity contribution is 7.91. The Morgan fingerprint density at radius 3 is 2.75 bits per heavy atom. The minimum atomic E-state index is -4.01. The molecule has 0 aliphatic heterocycles. The Morgan fingerprint density at radius 2 is 2.20 bits per heavy atom. The van der Waals surface area contributed by atoms with E-state index in [-0.39, 0.29) is 10.1 Å². The van der Waals surface area contributed by atoms with Gasteiger partial charge in [-0.25, -0.2) is 23.2 Å². The zero-order valence-electron chi connectivity index (χ0n) is 10.5. The summed E-state index contributed by atoms with van der Waals surface area (Å²) in [4.78, 5) is 18.4. The molecule has 0 radical (unpaired) electrons. The Labute approximate surface area is 118 Å². The lowest BCUT2D eigenvalue weighted by molar-refractivity contribution is 0.0687. The van der Waals surface area contributed by atoms with E-state index in [0.717, 1.165) is 16.8 Å². The van der Waals surface area contributed by atoms with Gasteiger partial charge in [0.15, 0.2) is 9.90 Å². The number of aromatic carboxylic acids is 1. The number of carboxylic acids is 1. The summed E-state index contributed by atoms with van der Waals surface area (Å²) in [5.74, 6) is -0.645. The fraction of sp³-hybridized carbons (Fsp3) is 0.300. The number of carboxylic acid groups (broad SMARTS) is 1. The van der Waals surface area contributed by atoms with Crippen molar-refractivity contribution < 1.29 is 22.7 Å². The predicted octanol–water partition coefficient (Wildman–Crippen LogP) is 1.18. The van der Waals surface area contributed by atoms with Crippen molar-refractivity contribution in [2.24, 2.45) is 0 Å². The summed E-state index contributed by atoms with van der Waals surface area (Å²) in [5, 5.41) is 8.89. The zero-order valence-corrected chi connectivity index (χ0v) is 12.2. The van der Waals surface area contributed by atoms with Gasteiger partial charge in [-0.2, -0.15) is 4.72 Å². The maximum absolute atomic E-state index is 12.1. The molecule has 20 heavy (non-hydrogen) atoms. The van der Waals surface area contributed by atoms with E-state index in [1.54, 1.807) is 13.8 Å². The lowest BCUT2D eigenvalue weighted by Gasteiger charge is -2.10. The Bertz CT molecular complexity index is 734. The molecule has 0 aliphatic rings. The zero-order chi connectivity index (χ0) is 14.9. The summed E-state index contributed by atoms with van der Waals surface area (Å²) in [5.41, 5.74) is 0.663. The second kappa shape index (κ2) is 5.31. The Balaban J connectivity index is 2.27. The van der Waals surface area contributed by atoms with Crippen molar-refractivity contribution in [1.29, 1.82) is 0 Å². The molecule has 0 saturated carbocycles. The molecule has 0 saturated heterocycles. The number of oxazole rings is 1. The van der Waals surface area contributed by atoms with E-state index in [9.17, 15) is 13.2 Å². The third-order valence-electron chi connectivity index (χ3n) is 2.32. The predicted molar refractivity (Wildman–Crippen MR) is 69.0 cm³/mol. The lowest BCUT2D eigenvalue weighted by atomic mass is 10.4. The molecule has 2 rings (SSSR count). The van der Waals surface area contributed by atoms with E-state index in [4.69, 9.17) is 9.52 Å². The summed E-state index contributed by atoms with van der Waals surface area (Å²) in [7, 11) is -4.01. The van der Waals surface area contributed by atoms with E-state index in [2.05, 4.69) is 14.7 Å². The molecule has 0 fully saturated rings. The maximum atomic E-state index is 12.1. The summed E-state index contributed by atoms with van der Waals surface area (Å²) in [6.07, 6.45) is 1.47. The van der Waals surface area contributed by atoms with Crippen molar-refractivity contribution in [1.82, 2.24) is 14.7 Å². The molecule has 10 heteroatoms. The molecule has 108 valence electrons. The van der Waals surface area contributed by atoms with Crippen LogP contribution in [0.25, 0.3) is 0 Å². The van der Waals surface area contributed by atoms with Gasteiger partial charge in [-0.1, -0.05) is 0 Å². The van der Waals surface area contributed by atoms with Gasteiger partial charge in [-0.05, 0) is 13.8 Å². The van der Waals surface area contributed by atoms with E-state index in [1.807, 2.05) is 0 Å². The number of sulfonamides is 1. The quantitative estimate of drug-likeness (QED) is 0.848. The summed E-state index contributed by atoms with van der Waals surface area (Å²) in [6, 6.07) is -0.725. The van der Waals surface area contributed by atoms with Gasteiger partial charge < -0.3 is 9.52 Å². The smallest absolute Gasteiger partial charge is 0.356 e. The molecule has 8 nitrogen and oxygen atoms in total. The van der Waals surface area contributed by atoms with Gasteiger partial charge in [0.2, 0.25) is 5.89 Å². The maximum Gasteiger partial charge on any atom is 0.356 e. The van der Waals surface area contributed by atoms with Crippen molar-refractivity contribution in [3.05, 3.63) is 29.1 Å². The Morgan fingerprint density at radius 1 is 1.50 bits per heavy atom. The first-order valence-electron chi connectivity index (χ1n) is 5.42. The fourth-order valence-corrected chi connectivity index (χ4v) is 3.83. The van der Waals surface area contributed by atoms with Crippen LogP contribution in [0.4, 0.5) is 0 Å². The van der Waals surface area contributed by atoms with Crippen LogP contribution < -0.4 is 4.72 Å². The second-order valence-corrected chi connectivity index (χ2v) is 6.71. The SMILES string of the molecule is Cc1cnc(C(C)NS(=O)(=O)c2scnc2C(=O)O)o1. The lowest BCUT2D eigenvalue weighted by Crippen LogP contribution is -2.27. The standard InChI is InChI=1S/C10H11N3O5S2/c1-5-3-11-8(18-5)6(2)13-20(16,17)10-7(9(14)15)12-4-19-10/h3-4,6,13H,1-2H3,(H,14,15). The van der Waals surface area contributed by atoms with Gasteiger partial charge >= 0.3 is 5.97 Å². The number of hydrogen-bond donors (Lipinski definition) is 2. The monoisotopic (exact) mass is 317 g/mol. The Kier molecular flexibility index (Phi) is 3.88. The first kappa shape index (κ1) is 14.6. The van der Waals surface area contributed by atoms with Gasteiger partial charge in [-0.15, -0.1) is 11.3 Å². The van der Waals surface area contributed by atoms with Crippen LogP contribution in [-0.4, -0.2) is 29.5 Å². The molecular weight excluding hydrogens is 306 g/mol. The van der Waals surface area contributed by atoms with E-state index >= 15 is 0 Å². The van der Waals surface area contributed by atoms with Crippen molar-refractivity contribution in [3.8, 4) is 0 Å². The third kappa shape index (κ3) is 2.86. The highest BCUT2D eigenvalue weighted by atomic mass is 32.2. The number of nitrogens with zero attached hydrogens (tertiary/aromatic N) is 2. The first-order valence-corrected chi connectivity index (χ1v) is 7.79. The van der Waals surface area contributed by atoms with Gasteiger partial charge in [-0.3, -0.25) is 0 Å². The second-order valence-electron chi connectivity index (χ2n) is 3.95. The topological polar surface area (TPSA) is 122 Å². The normalized spacial score (nSPS) is 13.3. The summed E-state index contributed by atoms with van der Waals surface area (Å²) >= 11 is 0.734. The molecule has 0 spiro atoms. The van der Waals surface area contributed by atoms with Crippen molar-refractivity contribution in [2.75, 3.05) is 0 Å². The van der Waals surface area contributed by atoms with Gasteiger partial charge in [0.05, 0.1) is 17.7 Å². The molecule has 0 aliphatic carbocycles. The minimum absolute atomic E-state index is 0.201. The molecule has 2 heterocycles. The average molecular weight is 317 g/mol. The number of carbonyl (C=O) groups is 1. The van der Waals surface area contributed by atoms with Crippen LogP contribution in [0.5, 0.6) is 0 Å². The molecule has 0 bridgehead atoms. The number of thiazole rings is 1. The molecule has 0 amide bonds. The van der Waals surface area contributed by atoms with Crippen LogP contribution in [0.2, 0.25) is 0 Å². The molecular formula is C10H11N3O5S2. The number of aryl methyl sites for hydroxylation is 1. The van der Waals surface area contributed by atoms with Crippen LogP contribution >= 0.6 is 11.3 Å². The number of hydrogen-bond acceptors (Lipinski definition) is 7. The number of aromatic nitrogens is 2. The van der Waals surface area contributed by atoms with Crippen LogP contribution in [0, 0.1) is 6.92 Å². The van der Waals surface area contributed by atoms with Crippen molar-refractivity contribution in [2.45, 2.75) is 24.1 Å². The third-order valence-corrected chi connectivity index (χ3v) is 5.23. The van der Waals surface area contributed by atoms with Crippen LogP contribution in [0.3, 0.4) is 0 Å². The molecule has 2 aromatic heterocycles. The summed E-state index contributed by atoms with van der Waals surface area (Å²) < 4.78 is 31.5. The van der Waals surface area contributed by atoms with Crippen LogP contribution in [0.1, 0.15) is 35.1 Å². The largest absolute Gasteiger partial charge is 0.476 e. The highest BCUT2D eigenvalue weighted by Crippen LogP contribution is 2.22. The average Bonchev–Trinajstić information content (AvgIpc) is 2.96. The molecule has 0 aromatic carbocycles. The number of rotatable bonds is 5. The van der Waals surface area contributed by atoms with Crippen LogP contribution in [0.15, 0.2) is 20.3 Å². The van der Waals surface area contributed by atoms with E-state index < -0.39 is 27.7 Å². The van der Waals surface area contributed by atoms with E-state index in [0.29, 0.717) is 5.76 Å². The van der Waals surface area contributed by atoms with Gasteiger partial charge in [0.1, 0.15) is 5.76 Å². The molecule has 1 unspecified atom stereocenters. The van der Waals surface area contributed by atoms with E-state index in [1.165, 1.54) is 6.20 Å². The minimum Gasteiger partial charge on any atom is -0.476 e. The molecule has 2 N–H and O–H groups in total. The molecule has 2 aromatic rings. The first-order chi connectivity index (χ1) is 9.31. The van der Waals surface area contributed by atoms with Crippen LogP contribution in [-0.2, 0) is 10.0 Å².